The first-order chi connectivity index (χ1) is 10.2. The molecule has 0 radical (unpaired) electrons. The Hall–Kier alpha value is -2.04. The zero-order chi connectivity index (χ0) is 14.8. The molecule has 0 bridgehead atoms. The Kier molecular flexibility index (Phi) is 3.82. The van der Waals surface area contributed by atoms with Crippen LogP contribution in [0.25, 0.3) is 0 Å². The molecule has 1 atom stereocenters. The van der Waals surface area contributed by atoms with Crippen molar-refractivity contribution in [1.29, 1.82) is 0 Å². The third-order valence-electron chi connectivity index (χ3n) is 4.13. The molecule has 21 heavy (non-hydrogen) atoms. The highest BCUT2D eigenvalue weighted by Crippen LogP contribution is 2.28. The number of amides is 2. The Labute approximate surface area is 124 Å². The van der Waals surface area contributed by atoms with Crippen LogP contribution in [0.3, 0.4) is 0 Å². The lowest BCUT2D eigenvalue weighted by Gasteiger charge is -2.25. The Bertz CT molecular complexity index is 571. The fourth-order valence-corrected chi connectivity index (χ4v) is 3.04. The second kappa shape index (κ2) is 5.76. The van der Waals surface area contributed by atoms with Crippen molar-refractivity contribution >= 4 is 17.5 Å². The summed E-state index contributed by atoms with van der Waals surface area (Å²) in [6.45, 7) is 3.32. The molecule has 1 fully saturated rings. The number of nitrogens with zero attached hydrogens (tertiary/aromatic N) is 1. The van der Waals surface area contributed by atoms with E-state index in [9.17, 15) is 9.59 Å². The third-order valence-corrected chi connectivity index (χ3v) is 4.13. The van der Waals surface area contributed by atoms with Crippen LogP contribution in [-0.2, 0) is 16.0 Å². The molecule has 112 valence electrons. The van der Waals surface area contributed by atoms with Crippen molar-refractivity contribution in [2.45, 2.75) is 38.6 Å². The summed E-state index contributed by atoms with van der Waals surface area (Å²) in [6, 6.07) is 5.32. The first-order valence-corrected chi connectivity index (χ1v) is 7.55. The van der Waals surface area contributed by atoms with E-state index in [0.29, 0.717) is 26.0 Å². The fraction of sp³-hybridized carbons (Fsp3) is 0.500. The average Bonchev–Trinajstić information content (AvgIpc) is 3.09. The second-order valence-electron chi connectivity index (χ2n) is 5.52. The van der Waals surface area contributed by atoms with E-state index >= 15 is 0 Å². The summed E-state index contributed by atoms with van der Waals surface area (Å²) in [7, 11) is 0. The van der Waals surface area contributed by atoms with Crippen molar-refractivity contribution in [3.63, 3.8) is 0 Å². The minimum absolute atomic E-state index is 0.0827. The maximum Gasteiger partial charge on any atom is 0.247 e. The Morgan fingerprint density at radius 3 is 3.00 bits per heavy atom. The second-order valence-corrected chi connectivity index (χ2v) is 5.52. The molecule has 2 aliphatic heterocycles. The van der Waals surface area contributed by atoms with E-state index in [4.69, 9.17) is 4.74 Å². The molecule has 1 aromatic carbocycles. The quantitative estimate of drug-likeness (QED) is 0.921. The largest absolute Gasteiger partial charge is 0.493 e. The SMILES string of the molecule is CCC(C(=O)Nc1ccc2c(c1)CCO2)N1CCCC1=O. The summed E-state index contributed by atoms with van der Waals surface area (Å²) >= 11 is 0. The van der Waals surface area contributed by atoms with Gasteiger partial charge in [-0.3, -0.25) is 9.59 Å². The van der Waals surface area contributed by atoms with Gasteiger partial charge in [-0.15, -0.1) is 0 Å². The molecule has 2 heterocycles. The number of hydrogen-bond acceptors (Lipinski definition) is 3. The summed E-state index contributed by atoms with van der Waals surface area (Å²) < 4.78 is 5.46. The summed E-state index contributed by atoms with van der Waals surface area (Å²) in [5, 5.41) is 2.93. The molecule has 5 nitrogen and oxygen atoms in total. The minimum atomic E-state index is -0.371. The van der Waals surface area contributed by atoms with Crippen LogP contribution in [-0.4, -0.2) is 35.9 Å². The zero-order valence-corrected chi connectivity index (χ0v) is 12.2. The van der Waals surface area contributed by atoms with Crippen molar-refractivity contribution in [2.24, 2.45) is 0 Å². The van der Waals surface area contributed by atoms with Crippen LogP contribution in [0.15, 0.2) is 18.2 Å². The van der Waals surface area contributed by atoms with Crippen LogP contribution in [0.2, 0.25) is 0 Å². The molecule has 1 saturated heterocycles. The highest BCUT2D eigenvalue weighted by atomic mass is 16.5. The van der Waals surface area contributed by atoms with E-state index in [-0.39, 0.29) is 17.9 Å². The molecule has 3 rings (SSSR count). The lowest BCUT2D eigenvalue weighted by atomic mass is 10.1. The zero-order valence-electron chi connectivity index (χ0n) is 12.2. The number of fused-ring (bicyclic) bond motifs is 1. The van der Waals surface area contributed by atoms with E-state index in [2.05, 4.69) is 5.32 Å². The number of likely N-dealkylation sites (tertiary alicyclic amines) is 1. The van der Waals surface area contributed by atoms with Crippen LogP contribution in [0, 0.1) is 0 Å². The van der Waals surface area contributed by atoms with Crippen molar-refractivity contribution in [2.75, 3.05) is 18.5 Å². The molecular weight excluding hydrogens is 268 g/mol. The van der Waals surface area contributed by atoms with E-state index in [1.807, 2.05) is 25.1 Å². The monoisotopic (exact) mass is 288 g/mol. The van der Waals surface area contributed by atoms with Gasteiger partial charge in [0.25, 0.3) is 0 Å². The number of hydrogen-bond donors (Lipinski definition) is 1. The van der Waals surface area contributed by atoms with Gasteiger partial charge in [-0.25, -0.2) is 0 Å². The van der Waals surface area contributed by atoms with Gasteiger partial charge in [0, 0.05) is 25.1 Å². The standard InChI is InChI=1S/C16H20N2O3/c1-2-13(18-8-3-4-15(18)19)16(20)17-12-5-6-14-11(10-12)7-9-21-14/h5-6,10,13H,2-4,7-9H2,1H3,(H,17,20). The Balaban J connectivity index is 1.71. The molecule has 2 amide bonds. The van der Waals surface area contributed by atoms with Crippen LogP contribution >= 0.6 is 0 Å². The number of anilines is 1. The van der Waals surface area contributed by atoms with Gasteiger partial charge in [0.1, 0.15) is 11.8 Å². The van der Waals surface area contributed by atoms with E-state index in [1.165, 1.54) is 0 Å². The van der Waals surface area contributed by atoms with Crippen molar-refractivity contribution < 1.29 is 14.3 Å². The van der Waals surface area contributed by atoms with Gasteiger partial charge in [-0.1, -0.05) is 6.92 Å². The smallest absolute Gasteiger partial charge is 0.247 e. The molecule has 0 aromatic heterocycles. The maximum atomic E-state index is 12.4. The van der Waals surface area contributed by atoms with Crippen LogP contribution in [0.1, 0.15) is 31.7 Å². The predicted molar refractivity (Wildman–Crippen MR) is 79.3 cm³/mol. The Morgan fingerprint density at radius 2 is 2.29 bits per heavy atom. The molecule has 0 saturated carbocycles. The highest BCUT2D eigenvalue weighted by Gasteiger charge is 2.31. The fourth-order valence-electron chi connectivity index (χ4n) is 3.04. The summed E-state index contributed by atoms with van der Waals surface area (Å²) in [4.78, 5) is 26.0. The highest BCUT2D eigenvalue weighted by molar-refractivity contribution is 5.97. The first kappa shape index (κ1) is 13.9. The van der Waals surface area contributed by atoms with Crippen molar-refractivity contribution in [3.05, 3.63) is 23.8 Å². The molecule has 5 heteroatoms. The van der Waals surface area contributed by atoms with Gasteiger partial charge in [-0.05, 0) is 36.6 Å². The van der Waals surface area contributed by atoms with Gasteiger partial charge in [0.15, 0.2) is 0 Å². The van der Waals surface area contributed by atoms with Crippen molar-refractivity contribution in [1.82, 2.24) is 4.90 Å². The minimum Gasteiger partial charge on any atom is -0.493 e. The molecular formula is C16H20N2O3. The normalized spacial score (nSPS) is 18.3. The van der Waals surface area contributed by atoms with Gasteiger partial charge in [-0.2, -0.15) is 0 Å². The molecule has 1 aromatic rings. The molecule has 2 aliphatic rings. The number of rotatable bonds is 4. The van der Waals surface area contributed by atoms with Gasteiger partial charge < -0.3 is 15.0 Å². The Morgan fingerprint density at radius 1 is 1.43 bits per heavy atom. The van der Waals surface area contributed by atoms with E-state index < -0.39 is 0 Å². The number of benzene rings is 1. The molecule has 1 unspecified atom stereocenters. The number of carbonyl (C=O) groups excluding carboxylic acids is 2. The molecule has 0 spiro atoms. The van der Waals surface area contributed by atoms with Crippen LogP contribution in [0.4, 0.5) is 5.69 Å². The lowest BCUT2D eigenvalue weighted by molar-refractivity contribution is -0.135. The summed E-state index contributed by atoms with van der Waals surface area (Å²) in [5.74, 6) is 0.876. The number of nitrogens with one attached hydrogen (secondary N) is 1. The van der Waals surface area contributed by atoms with Crippen molar-refractivity contribution in [3.8, 4) is 5.75 Å². The first-order valence-electron chi connectivity index (χ1n) is 7.55. The lowest BCUT2D eigenvalue weighted by Crippen LogP contribution is -2.44. The van der Waals surface area contributed by atoms with E-state index in [0.717, 1.165) is 29.8 Å². The predicted octanol–water partition coefficient (Wildman–Crippen LogP) is 1.96. The summed E-state index contributed by atoms with van der Waals surface area (Å²) in [6.07, 6.45) is 2.91. The maximum absolute atomic E-state index is 12.4. The third kappa shape index (κ3) is 2.73. The summed E-state index contributed by atoms with van der Waals surface area (Å²) in [5.41, 5.74) is 1.90. The van der Waals surface area contributed by atoms with Gasteiger partial charge in [0.2, 0.25) is 11.8 Å². The average molecular weight is 288 g/mol. The van der Waals surface area contributed by atoms with Gasteiger partial charge in [0.05, 0.1) is 6.61 Å². The van der Waals surface area contributed by atoms with Gasteiger partial charge >= 0.3 is 0 Å². The topological polar surface area (TPSA) is 58.6 Å². The number of carbonyl (C=O) groups is 2. The molecule has 1 N–H and O–H groups in total. The van der Waals surface area contributed by atoms with Crippen LogP contribution < -0.4 is 10.1 Å². The molecule has 0 aliphatic carbocycles. The van der Waals surface area contributed by atoms with Crippen LogP contribution in [0.5, 0.6) is 5.75 Å². The number of ether oxygens (including phenoxy) is 1. The van der Waals surface area contributed by atoms with E-state index in [1.54, 1.807) is 4.90 Å².